The van der Waals surface area contributed by atoms with Crippen LogP contribution in [0.25, 0.3) is 6.08 Å². The van der Waals surface area contributed by atoms with Crippen LogP contribution < -0.4 is 0 Å². The van der Waals surface area contributed by atoms with Gasteiger partial charge in [-0.05, 0) is 42.8 Å². The van der Waals surface area contributed by atoms with Crippen LogP contribution in [-0.2, 0) is 25.7 Å². The zero-order chi connectivity index (χ0) is 18.9. The summed E-state index contributed by atoms with van der Waals surface area (Å²) in [5.74, 6) is -2.33. The first-order valence-electron chi connectivity index (χ1n) is 8.09. The Bertz CT molecular complexity index is 887. The van der Waals surface area contributed by atoms with Crippen LogP contribution in [0.15, 0.2) is 48.7 Å². The number of carbonyl (C=O) groups is 3. The Morgan fingerprint density at radius 3 is 2.69 bits per heavy atom. The molecule has 0 saturated heterocycles. The van der Waals surface area contributed by atoms with Crippen molar-refractivity contribution in [3.63, 3.8) is 0 Å². The molecule has 132 valence electrons. The summed E-state index contributed by atoms with van der Waals surface area (Å²) in [6.07, 6.45) is 4.16. The van der Waals surface area contributed by atoms with Gasteiger partial charge in [0, 0.05) is 18.4 Å². The van der Waals surface area contributed by atoms with Crippen LogP contribution in [0.2, 0.25) is 0 Å². The van der Waals surface area contributed by atoms with Crippen LogP contribution in [0.4, 0.5) is 0 Å². The average Bonchev–Trinajstić information content (AvgIpc) is 3.07. The minimum Gasteiger partial charge on any atom is -0.460 e. The molecule has 1 aromatic carbocycles. The van der Waals surface area contributed by atoms with Gasteiger partial charge >= 0.3 is 5.97 Å². The summed E-state index contributed by atoms with van der Waals surface area (Å²) in [6.45, 7) is 2.16. The van der Waals surface area contributed by atoms with Gasteiger partial charge in [0.1, 0.15) is 0 Å². The van der Waals surface area contributed by atoms with Crippen LogP contribution in [0.1, 0.15) is 30.2 Å². The van der Waals surface area contributed by atoms with Crippen molar-refractivity contribution < 1.29 is 19.1 Å². The number of hydrogen-bond acceptors (Lipinski definition) is 5. The SMILES string of the molecule is CCOC(=O)C(=O)CC(=O)/C=C/c1cccn1Cc1ccccc1C#N. The minimum absolute atomic E-state index is 0.0896. The predicted octanol–water partition coefficient (Wildman–Crippen LogP) is 2.51. The van der Waals surface area contributed by atoms with Crippen LogP contribution in [-0.4, -0.2) is 28.7 Å². The highest BCUT2D eigenvalue weighted by Gasteiger charge is 2.17. The van der Waals surface area contributed by atoms with Gasteiger partial charge in [-0.1, -0.05) is 18.2 Å². The van der Waals surface area contributed by atoms with Crippen LogP contribution >= 0.6 is 0 Å². The number of nitriles is 1. The summed E-state index contributed by atoms with van der Waals surface area (Å²) < 4.78 is 6.45. The van der Waals surface area contributed by atoms with Crippen molar-refractivity contribution in [3.8, 4) is 6.07 Å². The molecule has 1 aromatic heterocycles. The Hall–Kier alpha value is -3.46. The molecule has 1 heterocycles. The quantitative estimate of drug-likeness (QED) is 0.316. The Balaban J connectivity index is 2.05. The monoisotopic (exact) mass is 350 g/mol. The Morgan fingerprint density at radius 2 is 1.96 bits per heavy atom. The van der Waals surface area contributed by atoms with Gasteiger partial charge in [-0.15, -0.1) is 0 Å². The Morgan fingerprint density at radius 1 is 1.19 bits per heavy atom. The first-order valence-corrected chi connectivity index (χ1v) is 8.09. The smallest absolute Gasteiger partial charge is 0.375 e. The molecule has 0 fully saturated rings. The molecular weight excluding hydrogens is 332 g/mol. The number of ether oxygens (including phenoxy) is 1. The summed E-state index contributed by atoms with van der Waals surface area (Å²) in [5, 5.41) is 9.17. The number of aromatic nitrogens is 1. The third kappa shape index (κ3) is 5.02. The van der Waals surface area contributed by atoms with Gasteiger partial charge in [0.15, 0.2) is 5.78 Å². The number of nitrogens with zero attached hydrogens (tertiary/aromatic N) is 2. The molecule has 0 atom stereocenters. The zero-order valence-electron chi connectivity index (χ0n) is 14.3. The topological polar surface area (TPSA) is 89.2 Å². The molecule has 0 aliphatic rings. The third-order valence-corrected chi connectivity index (χ3v) is 3.62. The van der Waals surface area contributed by atoms with Crippen molar-refractivity contribution in [2.24, 2.45) is 0 Å². The number of Topliss-reactive ketones (excluding diaryl/α,β-unsaturated/α-hetero) is 1. The second kappa shape index (κ2) is 9.14. The van der Waals surface area contributed by atoms with Gasteiger partial charge in [0.2, 0.25) is 5.78 Å². The lowest BCUT2D eigenvalue weighted by molar-refractivity contribution is -0.154. The van der Waals surface area contributed by atoms with Gasteiger partial charge in [-0.3, -0.25) is 9.59 Å². The standard InChI is InChI=1S/C20H18N2O4/c1-2-26-20(25)19(24)12-18(23)10-9-17-8-5-11-22(17)14-16-7-4-3-6-15(16)13-21/h3-11H,2,12,14H2,1H3/b10-9+. The molecular formula is C20H18N2O4. The number of benzene rings is 1. The highest BCUT2D eigenvalue weighted by atomic mass is 16.5. The molecule has 0 N–H and O–H groups in total. The fourth-order valence-corrected chi connectivity index (χ4v) is 2.35. The van der Waals surface area contributed by atoms with E-state index in [9.17, 15) is 19.6 Å². The lowest BCUT2D eigenvalue weighted by Gasteiger charge is -2.08. The lowest BCUT2D eigenvalue weighted by atomic mass is 10.1. The van der Waals surface area contributed by atoms with E-state index >= 15 is 0 Å². The normalized spacial score (nSPS) is 10.5. The van der Waals surface area contributed by atoms with Crippen LogP contribution in [0.3, 0.4) is 0 Å². The maximum absolute atomic E-state index is 11.9. The van der Waals surface area contributed by atoms with E-state index in [-0.39, 0.29) is 6.61 Å². The van der Waals surface area contributed by atoms with Crippen LogP contribution in [0, 0.1) is 11.3 Å². The molecule has 26 heavy (non-hydrogen) atoms. The van der Waals surface area contributed by atoms with Gasteiger partial charge in [-0.2, -0.15) is 5.26 Å². The van der Waals surface area contributed by atoms with Crippen molar-refractivity contribution in [1.29, 1.82) is 5.26 Å². The molecule has 0 spiro atoms. The molecule has 2 aromatic rings. The van der Waals surface area contributed by atoms with Crippen molar-refractivity contribution in [3.05, 3.63) is 65.5 Å². The van der Waals surface area contributed by atoms with Crippen molar-refractivity contribution in [2.75, 3.05) is 6.61 Å². The second-order valence-electron chi connectivity index (χ2n) is 5.45. The number of allylic oxidation sites excluding steroid dienone is 1. The summed E-state index contributed by atoms with van der Waals surface area (Å²) >= 11 is 0. The highest BCUT2D eigenvalue weighted by molar-refractivity contribution is 6.37. The van der Waals surface area contributed by atoms with Crippen molar-refractivity contribution >= 4 is 23.6 Å². The van der Waals surface area contributed by atoms with Gasteiger partial charge in [0.25, 0.3) is 0 Å². The minimum atomic E-state index is -0.995. The second-order valence-corrected chi connectivity index (χ2v) is 5.45. The zero-order valence-corrected chi connectivity index (χ0v) is 14.3. The number of hydrogen-bond donors (Lipinski definition) is 0. The summed E-state index contributed by atoms with van der Waals surface area (Å²) in [5.41, 5.74) is 2.20. The number of rotatable bonds is 8. The molecule has 0 bridgehead atoms. The molecule has 0 amide bonds. The van der Waals surface area contributed by atoms with E-state index in [1.165, 1.54) is 6.08 Å². The Labute approximate surface area is 151 Å². The largest absolute Gasteiger partial charge is 0.460 e. The van der Waals surface area contributed by atoms with E-state index in [2.05, 4.69) is 10.8 Å². The molecule has 6 heteroatoms. The van der Waals surface area contributed by atoms with Crippen LogP contribution in [0.5, 0.6) is 0 Å². The number of ketones is 2. The molecule has 0 aliphatic heterocycles. The fourth-order valence-electron chi connectivity index (χ4n) is 2.35. The van der Waals surface area contributed by atoms with Crippen molar-refractivity contribution in [2.45, 2.75) is 19.9 Å². The Kier molecular flexibility index (Phi) is 6.63. The van der Waals surface area contributed by atoms with E-state index in [1.54, 1.807) is 25.1 Å². The van der Waals surface area contributed by atoms with E-state index in [0.717, 1.165) is 11.3 Å². The highest BCUT2D eigenvalue weighted by Crippen LogP contribution is 2.13. The van der Waals surface area contributed by atoms with E-state index in [0.29, 0.717) is 12.1 Å². The molecule has 2 rings (SSSR count). The fraction of sp³-hybridized carbons (Fsp3) is 0.200. The molecule has 0 radical (unpaired) electrons. The maximum atomic E-state index is 11.9. The lowest BCUT2D eigenvalue weighted by Crippen LogP contribution is -2.19. The first kappa shape index (κ1) is 18.9. The third-order valence-electron chi connectivity index (χ3n) is 3.62. The average molecular weight is 350 g/mol. The number of carbonyl (C=O) groups excluding carboxylic acids is 3. The van der Waals surface area contributed by atoms with E-state index in [4.69, 9.17) is 0 Å². The molecule has 0 unspecified atom stereocenters. The van der Waals surface area contributed by atoms with E-state index in [1.807, 2.05) is 35.0 Å². The maximum Gasteiger partial charge on any atom is 0.375 e. The van der Waals surface area contributed by atoms with Gasteiger partial charge < -0.3 is 9.30 Å². The molecule has 0 saturated carbocycles. The van der Waals surface area contributed by atoms with Crippen molar-refractivity contribution in [1.82, 2.24) is 4.57 Å². The van der Waals surface area contributed by atoms with E-state index < -0.39 is 24.0 Å². The summed E-state index contributed by atoms with van der Waals surface area (Å²) in [6, 6.07) is 13.1. The summed E-state index contributed by atoms with van der Waals surface area (Å²) in [4.78, 5) is 34.6. The summed E-state index contributed by atoms with van der Waals surface area (Å²) in [7, 11) is 0. The predicted molar refractivity (Wildman–Crippen MR) is 95.0 cm³/mol. The number of esters is 1. The first-order chi connectivity index (χ1) is 12.5. The molecule has 6 nitrogen and oxygen atoms in total. The van der Waals surface area contributed by atoms with Gasteiger partial charge in [-0.25, -0.2) is 4.79 Å². The molecule has 0 aliphatic carbocycles. The van der Waals surface area contributed by atoms with Gasteiger partial charge in [0.05, 0.1) is 24.7 Å².